The van der Waals surface area contributed by atoms with Crippen LogP contribution in [0.25, 0.3) is 0 Å². The number of carbonyl (C=O) groups is 1. The lowest BCUT2D eigenvalue weighted by Crippen LogP contribution is -2.18. The Kier molecular flexibility index (Phi) is 10.1. The summed E-state index contributed by atoms with van der Waals surface area (Å²) >= 11 is 0. The number of ether oxygens (including phenoxy) is 2. The van der Waals surface area contributed by atoms with Crippen LogP contribution in [0.2, 0.25) is 0 Å². The largest absolute Gasteiger partial charge is 0.486 e. The van der Waals surface area contributed by atoms with Gasteiger partial charge in [0.2, 0.25) is 0 Å². The fraction of sp³-hybridized carbons (Fsp3) is 0.452. The van der Waals surface area contributed by atoms with Crippen molar-refractivity contribution in [3.8, 4) is 5.75 Å². The SMILES string of the molecule is Cc1ccc(NC2=NC(c3cccc(OCC(=O)CCC4CCOCC4)c3)CCCCC=C2)cc1C=N. The maximum atomic E-state index is 12.4. The zero-order valence-electron chi connectivity index (χ0n) is 21.9. The number of amidine groups is 1. The molecule has 4 rings (SSSR count). The second-order valence-corrected chi connectivity index (χ2v) is 10.1. The summed E-state index contributed by atoms with van der Waals surface area (Å²) in [5.41, 5.74) is 3.97. The van der Waals surface area contributed by atoms with E-state index in [2.05, 4.69) is 23.5 Å². The first-order valence-electron chi connectivity index (χ1n) is 13.6. The zero-order chi connectivity index (χ0) is 25.9. The van der Waals surface area contributed by atoms with Gasteiger partial charge in [-0.3, -0.25) is 9.79 Å². The van der Waals surface area contributed by atoms with Crippen LogP contribution in [0.15, 0.2) is 59.6 Å². The molecule has 2 aromatic carbocycles. The molecular weight excluding hydrogens is 462 g/mol. The topological polar surface area (TPSA) is 83.8 Å². The highest BCUT2D eigenvalue weighted by Gasteiger charge is 2.17. The van der Waals surface area contributed by atoms with Gasteiger partial charge in [-0.1, -0.05) is 30.7 Å². The summed E-state index contributed by atoms with van der Waals surface area (Å²) in [4.78, 5) is 17.5. The van der Waals surface area contributed by atoms with Crippen LogP contribution in [0.5, 0.6) is 5.75 Å². The number of allylic oxidation sites excluding steroid dienone is 1. The zero-order valence-corrected chi connectivity index (χ0v) is 21.9. The van der Waals surface area contributed by atoms with Crippen LogP contribution in [0.3, 0.4) is 0 Å². The predicted molar refractivity (Wildman–Crippen MR) is 150 cm³/mol. The number of benzene rings is 2. The molecule has 0 aromatic heterocycles. The third kappa shape index (κ3) is 8.39. The number of aliphatic imine (C=N–C) groups is 1. The first kappa shape index (κ1) is 26.8. The van der Waals surface area contributed by atoms with Crippen LogP contribution in [0.4, 0.5) is 5.69 Å². The Labute approximate surface area is 220 Å². The number of hydrogen-bond acceptors (Lipinski definition) is 6. The Bertz CT molecular complexity index is 1120. The van der Waals surface area contributed by atoms with Crippen molar-refractivity contribution in [2.24, 2.45) is 10.9 Å². The molecule has 37 heavy (non-hydrogen) atoms. The number of anilines is 1. The van der Waals surface area contributed by atoms with E-state index in [-0.39, 0.29) is 18.4 Å². The number of Topliss-reactive ketones (excluding diaryl/α,β-unsaturated/α-hetero) is 1. The van der Waals surface area contributed by atoms with E-state index in [1.54, 1.807) is 0 Å². The van der Waals surface area contributed by atoms with Crippen molar-refractivity contribution >= 4 is 23.5 Å². The minimum absolute atomic E-state index is 0.00863. The van der Waals surface area contributed by atoms with Crippen molar-refractivity contribution in [2.45, 2.75) is 64.3 Å². The highest BCUT2D eigenvalue weighted by Crippen LogP contribution is 2.29. The number of nitrogens with zero attached hydrogens (tertiary/aromatic N) is 1. The molecule has 6 heteroatoms. The third-order valence-corrected chi connectivity index (χ3v) is 7.19. The van der Waals surface area contributed by atoms with Gasteiger partial charge >= 0.3 is 0 Å². The van der Waals surface area contributed by atoms with Crippen molar-refractivity contribution < 1.29 is 14.3 Å². The van der Waals surface area contributed by atoms with Gasteiger partial charge in [0.15, 0.2) is 5.78 Å². The second-order valence-electron chi connectivity index (χ2n) is 10.1. The molecule has 1 fully saturated rings. The summed E-state index contributed by atoms with van der Waals surface area (Å²) in [5, 5.41) is 11.1. The molecule has 6 nitrogen and oxygen atoms in total. The Morgan fingerprint density at radius 3 is 2.86 bits per heavy atom. The molecule has 0 spiro atoms. The van der Waals surface area contributed by atoms with E-state index >= 15 is 0 Å². The highest BCUT2D eigenvalue weighted by atomic mass is 16.5. The smallest absolute Gasteiger partial charge is 0.170 e. The van der Waals surface area contributed by atoms with Crippen LogP contribution in [0, 0.1) is 18.3 Å². The van der Waals surface area contributed by atoms with E-state index in [0.29, 0.717) is 18.1 Å². The van der Waals surface area contributed by atoms with Crippen LogP contribution in [-0.4, -0.2) is 37.7 Å². The Balaban J connectivity index is 1.41. The van der Waals surface area contributed by atoms with E-state index in [4.69, 9.17) is 19.9 Å². The standard InChI is InChI=1S/C31H39N3O3/c1-23-11-13-27(19-26(23)21-32)33-31-10-5-3-2-4-9-30(34-31)25-7-6-8-29(20-25)37-22-28(35)14-12-24-15-17-36-18-16-24/h5-8,10-11,13,19-21,24,30,32H,2-4,9,12,14-18,22H2,1H3,(H,33,34). The Morgan fingerprint density at radius 2 is 2.03 bits per heavy atom. The summed E-state index contributed by atoms with van der Waals surface area (Å²) in [5.74, 6) is 2.26. The van der Waals surface area contributed by atoms with Crippen LogP contribution >= 0.6 is 0 Å². The van der Waals surface area contributed by atoms with Crippen LogP contribution in [0.1, 0.15) is 74.1 Å². The molecule has 2 N–H and O–H groups in total. The molecule has 0 aliphatic carbocycles. The first-order valence-corrected chi connectivity index (χ1v) is 13.6. The molecule has 0 radical (unpaired) electrons. The summed E-state index contributed by atoms with van der Waals surface area (Å²) in [7, 11) is 0. The van der Waals surface area contributed by atoms with Gasteiger partial charge in [-0.2, -0.15) is 0 Å². The quantitative estimate of drug-likeness (QED) is 0.369. The monoisotopic (exact) mass is 501 g/mol. The molecule has 1 saturated heterocycles. The number of carbonyl (C=O) groups excluding carboxylic acids is 1. The molecule has 2 aliphatic heterocycles. The highest BCUT2D eigenvalue weighted by molar-refractivity contribution is 6.04. The number of ketones is 1. The number of rotatable bonds is 9. The van der Waals surface area contributed by atoms with Gasteiger partial charge in [0.25, 0.3) is 0 Å². The van der Waals surface area contributed by atoms with Gasteiger partial charge in [0.05, 0.1) is 6.04 Å². The third-order valence-electron chi connectivity index (χ3n) is 7.19. The number of hydrogen-bond donors (Lipinski definition) is 2. The molecule has 0 saturated carbocycles. The maximum absolute atomic E-state index is 12.4. The lowest BCUT2D eigenvalue weighted by molar-refractivity contribution is -0.121. The summed E-state index contributed by atoms with van der Waals surface area (Å²) in [6.07, 6.45) is 13.4. The molecule has 2 aromatic rings. The predicted octanol–water partition coefficient (Wildman–Crippen LogP) is 6.83. The van der Waals surface area contributed by atoms with Gasteiger partial charge in [-0.15, -0.1) is 0 Å². The fourth-order valence-corrected chi connectivity index (χ4v) is 4.85. The van der Waals surface area contributed by atoms with Crippen molar-refractivity contribution in [2.75, 3.05) is 25.1 Å². The molecule has 0 bridgehead atoms. The molecule has 196 valence electrons. The Morgan fingerprint density at radius 1 is 1.16 bits per heavy atom. The van der Waals surface area contributed by atoms with E-state index in [1.165, 1.54) is 6.21 Å². The van der Waals surface area contributed by atoms with Gasteiger partial charge in [-0.25, -0.2) is 0 Å². The lowest BCUT2D eigenvalue weighted by atomic mass is 9.94. The van der Waals surface area contributed by atoms with E-state index < -0.39 is 0 Å². The van der Waals surface area contributed by atoms with E-state index in [0.717, 1.165) is 86.4 Å². The molecule has 0 amide bonds. The molecule has 2 aliphatic rings. The molecule has 1 atom stereocenters. The molecule has 2 heterocycles. The van der Waals surface area contributed by atoms with Crippen molar-refractivity contribution in [1.82, 2.24) is 0 Å². The van der Waals surface area contributed by atoms with Crippen molar-refractivity contribution in [1.29, 1.82) is 5.41 Å². The maximum Gasteiger partial charge on any atom is 0.170 e. The summed E-state index contributed by atoms with van der Waals surface area (Å²) < 4.78 is 11.3. The van der Waals surface area contributed by atoms with Gasteiger partial charge in [-0.05, 0) is 98.4 Å². The summed E-state index contributed by atoms with van der Waals surface area (Å²) in [6, 6.07) is 14.0. The van der Waals surface area contributed by atoms with E-state index in [1.807, 2.05) is 43.3 Å². The van der Waals surface area contributed by atoms with E-state index in [9.17, 15) is 4.79 Å². The normalized spacial score (nSPS) is 18.7. The average molecular weight is 502 g/mol. The van der Waals surface area contributed by atoms with Gasteiger partial charge in [0, 0.05) is 31.5 Å². The summed E-state index contributed by atoms with van der Waals surface area (Å²) in [6.45, 7) is 3.74. The van der Waals surface area contributed by atoms with Gasteiger partial charge < -0.3 is 20.2 Å². The lowest BCUT2D eigenvalue weighted by Gasteiger charge is -2.21. The Hall–Kier alpha value is -3.25. The van der Waals surface area contributed by atoms with Crippen LogP contribution < -0.4 is 10.1 Å². The minimum atomic E-state index is -0.00863. The molecular formula is C31H39N3O3. The second kappa shape index (κ2) is 13.9. The number of nitrogens with one attached hydrogen (secondary N) is 2. The first-order chi connectivity index (χ1) is 18.1. The van der Waals surface area contributed by atoms with Crippen molar-refractivity contribution in [3.05, 3.63) is 71.3 Å². The number of aryl methyl sites for hydroxylation is 1. The minimum Gasteiger partial charge on any atom is -0.486 e. The average Bonchev–Trinajstić information content (AvgIpc) is 3.05. The fourth-order valence-electron chi connectivity index (χ4n) is 4.85. The van der Waals surface area contributed by atoms with Gasteiger partial charge in [0.1, 0.15) is 18.2 Å². The van der Waals surface area contributed by atoms with Crippen LogP contribution in [-0.2, 0) is 9.53 Å². The molecule has 1 unspecified atom stereocenters. The van der Waals surface area contributed by atoms with Crippen molar-refractivity contribution in [3.63, 3.8) is 0 Å².